The lowest BCUT2D eigenvalue weighted by atomic mass is 9.99. The van der Waals surface area contributed by atoms with E-state index in [2.05, 4.69) is 11.8 Å². The van der Waals surface area contributed by atoms with Crippen LogP contribution in [0.2, 0.25) is 0 Å². The molecular formula is C18H27N3O. The number of rotatable bonds is 3. The third kappa shape index (κ3) is 3.43. The number of carbonyl (C=O) groups is 1. The van der Waals surface area contributed by atoms with Gasteiger partial charge in [0.05, 0.1) is 0 Å². The van der Waals surface area contributed by atoms with Gasteiger partial charge in [-0.3, -0.25) is 9.69 Å². The molecule has 2 saturated heterocycles. The minimum Gasteiger partial charge on any atom is -0.398 e. The van der Waals surface area contributed by atoms with E-state index in [-0.39, 0.29) is 5.91 Å². The lowest BCUT2D eigenvalue weighted by molar-refractivity contribution is 0.0793. The fraction of sp³-hybridized carbons (Fsp3) is 0.611. The quantitative estimate of drug-likeness (QED) is 0.873. The van der Waals surface area contributed by atoms with Crippen molar-refractivity contribution in [1.29, 1.82) is 0 Å². The molecular weight excluding hydrogens is 274 g/mol. The fourth-order valence-electron chi connectivity index (χ4n) is 3.65. The van der Waals surface area contributed by atoms with Crippen LogP contribution >= 0.6 is 0 Å². The minimum atomic E-state index is 0.127. The van der Waals surface area contributed by atoms with Crippen molar-refractivity contribution in [2.45, 2.75) is 39.2 Å². The second kappa shape index (κ2) is 6.69. The zero-order valence-corrected chi connectivity index (χ0v) is 13.6. The molecule has 0 bridgehead atoms. The molecule has 1 atom stereocenters. The van der Waals surface area contributed by atoms with Gasteiger partial charge in [0.2, 0.25) is 0 Å². The fourth-order valence-corrected chi connectivity index (χ4v) is 3.65. The largest absolute Gasteiger partial charge is 0.398 e. The van der Waals surface area contributed by atoms with Gasteiger partial charge < -0.3 is 10.6 Å². The average Bonchev–Trinajstić information content (AvgIpc) is 3.03. The third-order valence-electron chi connectivity index (χ3n) is 4.92. The first-order valence-electron chi connectivity index (χ1n) is 8.53. The van der Waals surface area contributed by atoms with Crippen molar-refractivity contribution in [2.75, 3.05) is 31.9 Å². The molecule has 1 aromatic carbocycles. The molecule has 120 valence electrons. The second-order valence-electron chi connectivity index (χ2n) is 6.90. The number of nitrogens with two attached hydrogens (primary N) is 1. The normalized spacial score (nSPS) is 23.0. The molecule has 3 rings (SSSR count). The molecule has 4 nitrogen and oxygen atoms in total. The van der Waals surface area contributed by atoms with Crippen molar-refractivity contribution in [3.8, 4) is 0 Å². The molecule has 2 aliphatic heterocycles. The second-order valence-corrected chi connectivity index (χ2v) is 6.90. The smallest absolute Gasteiger partial charge is 0.253 e. The highest BCUT2D eigenvalue weighted by molar-refractivity contribution is 5.95. The summed E-state index contributed by atoms with van der Waals surface area (Å²) in [4.78, 5) is 16.8. The zero-order valence-electron chi connectivity index (χ0n) is 13.6. The summed E-state index contributed by atoms with van der Waals surface area (Å²) in [6, 6.07) is 5.85. The zero-order chi connectivity index (χ0) is 15.5. The molecule has 1 unspecified atom stereocenters. The first-order chi connectivity index (χ1) is 10.6. The van der Waals surface area contributed by atoms with E-state index >= 15 is 0 Å². The number of piperidine rings is 1. The third-order valence-corrected chi connectivity index (χ3v) is 4.92. The maximum atomic E-state index is 12.4. The van der Waals surface area contributed by atoms with Crippen LogP contribution in [0.15, 0.2) is 18.2 Å². The first kappa shape index (κ1) is 15.3. The average molecular weight is 301 g/mol. The molecule has 2 aliphatic rings. The highest BCUT2D eigenvalue weighted by atomic mass is 16.2. The van der Waals surface area contributed by atoms with Crippen LogP contribution in [0, 0.1) is 5.92 Å². The van der Waals surface area contributed by atoms with Gasteiger partial charge in [0, 0.05) is 37.4 Å². The van der Waals surface area contributed by atoms with Gasteiger partial charge in [-0.2, -0.15) is 0 Å². The summed E-state index contributed by atoms with van der Waals surface area (Å²) in [7, 11) is 0. The van der Waals surface area contributed by atoms with Gasteiger partial charge in [-0.1, -0.05) is 13.0 Å². The van der Waals surface area contributed by atoms with Crippen molar-refractivity contribution >= 4 is 11.6 Å². The van der Waals surface area contributed by atoms with E-state index < -0.39 is 0 Å². The Bertz CT molecular complexity index is 537. The Kier molecular flexibility index (Phi) is 4.67. The molecule has 22 heavy (non-hydrogen) atoms. The van der Waals surface area contributed by atoms with Crippen LogP contribution in [-0.2, 0) is 6.54 Å². The number of nitrogen functional groups attached to an aromatic ring is 1. The molecule has 2 N–H and O–H groups in total. The van der Waals surface area contributed by atoms with Gasteiger partial charge in [0.25, 0.3) is 5.91 Å². The van der Waals surface area contributed by atoms with Crippen LogP contribution in [0.25, 0.3) is 0 Å². The van der Waals surface area contributed by atoms with E-state index in [0.717, 1.165) is 68.3 Å². The van der Waals surface area contributed by atoms with Gasteiger partial charge >= 0.3 is 0 Å². The van der Waals surface area contributed by atoms with Crippen LogP contribution < -0.4 is 5.73 Å². The summed E-state index contributed by atoms with van der Waals surface area (Å²) in [5, 5.41) is 0. The standard InChI is InChI=1S/C18H27N3O/c1-14-5-4-8-20(12-14)13-16-7-6-15(11-17(16)19)18(22)21-9-2-3-10-21/h6-7,11,14H,2-5,8-10,12-13,19H2,1H3. The molecule has 1 aromatic rings. The Morgan fingerprint density at radius 2 is 2.00 bits per heavy atom. The highest BCUT2D eigenvalue weighted by Gasteiger charge is 2.21. The van der Waals surface area contributed by atoms with Crippen molar-refractivity contribution in [1.82, 2.24) is 9.80 Å². The molecule has 0 aliphatic carbocycles. The van der Waals surface area contributed by atoms with Crippen LogP contribution in [0.3, 0.4) is 0 Å². The Balaban J connectivity index is 1.67. The minimum absolute atomic E-state index is 0.127. The molecule has 0 spiro atoms. The van der Waals surface area contributed by atoms with E-state index in [1.165, 1.54) is 12.8 Å². The molecule has 0 aromatic heterocycles. The van der Waals surface area contributed by atoms with Crippen molar-refractivity contribution in [2.24, 2.45) is 5.92 Å². The number of nitrogens with zero attached hydrogens (tertiary/aromatic N) is 2. The Morgan fingerprint density at radius 3 is 2.68 bits per heavy atom. The topological polar surface area (TPSA) is 49.6 Å². The Hall–Kier alpha value is -1.55. The molecule has 2 fully saturated rings. The van der Waals surface area contributed by atoms with Gasteiger partial charge in [-0.25, -0.2) is 0 Å². The van der Waals surface area contributed by atoms with Gasteiger partial charge in [-0.15, -0.1) is 0 Å². The number of hydrogen-bond acceptors (Lipinski definition) is 3. The molecule has 1 amide bonds. The van der Waals surface area contributed by atoms with Crippen molar-refractivity contribution in [3.63, 3.8) is 0 Å². The summed E-state index contributed by atoms with van der Waals surface area (Å²) in [5.74, 6) is 0.897. The van der Waals surface area contributed by atoms with Crippen molar-refractivity contribution < 1.29 is 4.79 Å². The Labute approximate surface area is 133 Å². The van der Waals surface area contributed by atoms with E-state index in [0.29, 0.717) is 0 Å². The number of anilines is 1. The van der Waals surface area contributed by atoms with E-state index in [4.69, 9.17) is 5.73 Å². The molecule has 4 heteroatoms. The highest BCUT2D eigenvalue weighted by Crippen LogP contribution is 2.22. The molecule has 0 radical (unpaired) electrons. The molecule has 2 heterocycles. The Morgan fingerprint density at radius 1 is 1.23 bits per heavy atom. The number of carbonyl (C=O) groups excluding carboxylic acids is 1. The molecule has 0 saturated carbocycles. The van der Waals surface area contributed by atoms with Crippen LogP contribution in [0.4, 0.5) is 5.69 Å². The SMILES string of the molecule is CC1CCCN(Cc2ccc(C(=O)N3CCCC3)cc2N)C1. The maximum Gasteiger partial charge on any atom is 0.253 e. The summed E-state index contributed by atoms with van der Waals surface area (Å²) >= 11 is 0. The summed E-state index contributed by atoms with van der Waals surface area (Å²) in [6.45, 7) is 7.27. The van der Waals surface area contributed by atoms with E-state index in [1.54, 1.807) is 0 Å². The number of benzene rings is 1. The van der Waals surface area contributed by atoms with E-state index in [1.807, 2.05) is 23.1 Å². The van der Waals surface area contributed by atoms with Crippen LogP contribution in [0.5, 0.6) is 0 Å². The number of likely N-dealkylation sites (tertiary alicyclic amines) is 2. The lowest BCUT2D eigenvalue weighted by Gasteiger charge is -2.31. The summed E-state index contributed by atoms with van der Waals surface area (Å²) in [5.41, 5.74) is 8.84. The van der Waals surface area contributed by atoms with Crippen LogP contribution in [-0.4, -0.2) is 41.9 Å². The summed E-state index contributed by atoms with van der Waals surface area (Å²) in [6.07, 6.45) is 4.83. The lowest BCUT2D eigenvalue weighted by Crippen LogP contribution is -2.34. The monoisotopic (exact) mass is 301 g/mol. The number of amides is 1. The van der Waals surface area contributed by atoms with Gasteiger partial charge in [0.15, 0.2) is 0 Å². The van der Waals surface area contributed by atoms with Crippen LogP contribution in [0.1, 0.15) is 48.5 Å². The maximum absolute atomic E-state index is 12.4. The van der Waals surface area contributed by atoms with E-state index in [9.17, 15) is 4.79 Å². The first-order valence-corrected chi connectivity index (χ1v) is 8.53. The van der Waals surface area contributed by atoms with Gasteiger partial charge in [0.1, 0.15) is 0 Å². The predicted molar refractivity (Wildman–Crippen MR) is 89.7 cm³/mol. The van der Waals surface area contributed by atoms with Crippen molar-refractivity contribution in [3.05, 3.63) is 29.3 Å². The predicted octanol–water partition coefficient (Wildman–Crippen LogP) is 2.74. The van der Waals surface area contributed by atoms with Gasteiger partial charge in [-0.05, 0) is 55.8 Å². The number of hydrogen-bond donors (Lipinski definition) is 1. The summed E-state index contributed by atoms with van der Waals surface area (Å²) < 4.78 is 0.